The van der Waals surface area contributed by atoms with Crippen molar-refractivity contribution in [2.45, 2.75) is 293 Å². The van der Waals surface area contributed by atoms with Crippen LogP contribution in [0.1, 0.15) is 210 Å². The number of allylic oxidation sites excluding steroid dienone is 2. The van der Waals surface area contributed by atoms with Gasteiger partial charge in [0.1, 0.15) is 42.2 Å². The quantitative estimate of drug-likeness (QED) is 0.0439. The van der Waals surface area contributed by atoms with Crippen molar-refractivity contribution in [3.63, 3.8) is 0 Å². The number of nitrogens with one attached hydrogen (secondary N) is 2. The number of esters is 1. The Morgan fingerprint density at radius 3 is 1.94 bits per heavy atom. The predicted molar refractivity (Wildman–Crippen MR) is 392 cm³/mol. The summed E-state index contributed by atoms with van der Waals surface area (Å²) < 4.78 is 81.5. The van der Waals surface area contributed by atoms with Crippen LogP contribution in [0, 0.1) is 68.0 Å². The number of hydrogen-bond donors (Lipinski definition) is 2. The zero-order chi connectivity index (χ0) is 73.0. The number of ether oxygens (including phenoxy) is 12. The third kappa shape index (κ3) is 16.8. The molecular formula is C85H126N2O15. The van der Waals surface area contributed by atoms with Gasteiger partial charge < -0.3 is 67.5 Å². The average molecular weight is 1420 g/mol. The van der Waals surface area contributed by atoms with Crippen LogP contribution in [0.4, 0.5) is 4.79 Å². The number of amides is 2. The first-order valence-corrected chi connectivity index (χ1v) is 39.0. The third-order valence-electron chi connectivity index (χ3n) is 26.6. The van der Waals surface area contributed by atoms with Gasteiger partial charge in [-0.1, -0.05) is 178 Å². The normalized spacial score (nSPS) is 37.8. The molecule has 4 saturated carbocycles. The Balaban J connectivity index is 0.884. The molecule has 11 unspecified atom stereocenters. The smallest absolute Gasteiger partial charge is 0.407 e. The van der Waals surface area contributed by atoms with Crippen molar-refractivity contribution >= 4 is 18.0 Å². The first-order chi connectivity index (χ1) is 48.5. The topological polar surface area (TPSA) is 186 Å². The summed E-state index contributed by atoms with van der Waals surface area (Å²) in [4.78, 5) is 43.5. The molecule has 566 valence electrons. The van der Waals surface area contributed by atoms with E-state index in [4.69, 9.17) is 56.8 Å². The number of carbonyl (C=O) groups is 3. The number of unbranched alkanes of at least 4 members (excludes halogenated alkanes) is 2. The summed E-state index contributed by atoms with van der Waals surface area (Å²) in [6.07, 6.45) is 5.64. The van der Waals surface area contributed by atoms with E-state index in [1.807, 2.05) is 120 Å². The maximum atomic E-state index is 16.5. The fourth-order valence-corrected chi connectivity index (χ4v) is 20.3. The van der Waals surface area contributed by atoms with Crippen molar-refractivity contribution in [3.05, 3.63) is 119 Å². The standard InChI is InChI=1S/C85H126N2O15/c1-17-93-72-71(100-74-56(4)69(95-51-60-34-26-20-27-35-60)64(53-96-74)94-50-59-32-24-19-25-33-59)57(5)97-76(73(72)91-16)99-70-55(3)68(87-67(88)36-28-21-29-47-86-78(90)102-79(6,7)8)63(52-92-49-58-30-22-18-23-31-58)98-75(70)101-77(89)85-45-43-80(9,10)48-62(85)61-37-38-66-82(13)41-39-54(2)81(11,12)65(82)40-42-84(66,15)83(61,14)44-46-85/h18-20,22-27,30-35,37,54-57,62-66,68-76H,17,21,28-29,36,38-53H2,1-16H3,(H,86,90)(H,87,88)/t54-,55?,56?,57+,62?,63?,64+,65-,66?,68+,69?,70?,71-,72?,73?,74-,75-,76?,82?,83+,84+,85-/m0/s1. The fourth-order valence-electron chi connectivity index (χ4n) is 20.3. The lowest BCUT2D eigenvalue weighted by atomic mass is 9.33. The molecule has 0 radical (unpaired) electrons. The van der Waals surface area contributed by atoms with Gasteiger partial charge in [-0.3, -0.25) is 9.59 Å². The molecule has 8 aliphatic rings. The Morgan fingerprint density at radius 1 is 0.637 bits per heavy atom. The van der Waals surface area contributed by atoms with Crippen LogP contribution in [0.25, 0.3) is 0 Å². The minimum atomic E-state index is -1.27. The molecular weight excluding hydrogens is 1290 g/mol. The number of rotatable bonds is 26. The molecule has 0 aromatic heterocycles. The number of hydrogen-bond acceptors (Lipinski definition) is 15. The van der Waals surface area contributed by atoms with Gasteiger partial charge in [0.2, 0.25) is 12.2 Å². The summed E-state index contributed by atoms with van der Waals surface area (Å²) in [5.74, 6) is 0.551. The maximum absolute atomic E-state index is 16.5. The van der Waals surface area contributed by atoms with E-state index in [1.54, 1.807) is 7.11 Å². The largest absolute Gasteiger partial charge is 0.444 e. The first kappa shape index (κ1) is 78.3. The second-order valence-corrected chi connectivity index (χ2v) is 35.0. The first-order valence-electron chi connectivity index (χ1n) is 39.0. The zero-order valence-corrected chi connectivity index (χ0v) is 64.6. The molecule has 22 atom stereocenters. The monoisotopic (exact) mass is 1410 g/mol. The Morgan fingerprint density at radius 2 is 1.28 bits per heavy atom. The molecule has 17 nitrogen and oxygen atoms in total. The van der Waals surface area contributed by atoms with Gasteiger partial charge >= 0.3 is 12.1 Å². The molecule has 11 rings (SSSR count). The van der Waals surface area contributed by atoms with Gasteiger partial charge in [0.05, 0.1) is 56.7 Å². The van der Waals surface area contributed by atoms with Crippen LogP contribution in [0.3, 0.4) is 0 Å². The fraction of sp³-hybridized carbons (Fsp3) is 0.729. The number of carbonyl (C=O) groups excluding carboxylic acids is 3. The molecule has 3 aromatic carbocycles. The van der Waals surface area contributed by atoms with Gasteiger partial charge in [0.25, 0.3) is 0 Å². The van der Waals surface area contributed by atoms with Crippen LogP contribution in [-0.4, -0.2) is 131 Å². The van der Waals surface area contributed by atoms with Crippen LogP contribution in [0.15, 0.2) is 103 Å². The Hall–Kier alpha value is -4.79. The molecule has 2 N–H and O–H groups in total. The summed E-state index contributed by atoms with van der Waals surface area (Å²) in [5.41, 5.74) is 3.54. The predicted octanol–water partition coefficient (Wildman–Crippen LogP) is 16.2. The molecule has 17 heteroatoms. The molecule has 3 aromatic rings. The van der Waals surface area contributed by atoms with Gasteiger partial charge in [0.15, 0.2) is 12.6 Å². The highest BCUT2D eigenvalue weighted by molar-refractivity contribution is 5.79. The van der Waals surface area contributed by atoms with Crippen molar-refractivity contribution < 1.29 is 71.2 Å². The number of alkyl carbamates (subject to hydrolysis) is 1. The number of benzene rings is 3. The highest BCUT2D eigenvalue weighted by atomic mass is 16.8. The summed E-state index contributed by atoms with van der Waals surface area (Å²) in [5, 5.41) is 6.24. The van der Waals surface area contributed by atoms with Crippen molar-refractivity contribution in [1.82, 2.24) is 10.6 Å². The van der Waals surface area contributed by atoms with E-state index in [2.05, 4.69) is 91.2 Å². The van der Waals surface area contributed by atoms with Crippen LogP contribution in [-0.2, 0) is 86.3 Å². The van der Waals surface area contributed by atoms with Gasteiger partial charge in [-0.15, -0.1) is 0 Å². The lowest BCUT2D eigenvalue weighted by Gasteiger charge is -2.71. The van der Waals surface area contributed by atoms with Crippen molar-refractivity contribution in [1.29, 1.82) is 0 Å². The van der Waals surface area contributed by atoms with Gasteiger partial charge in [-0.2, -0.15) is 0 Å². The van der Waals surface area contributed by atoms with E-state index in [-0.39, 0.29) is 70.4 Å². The van der Waals surface area contributed by atoms with E-state index < -0.39 is 96.8 Å². The van der Waals surface area contributed by atoms with Crippen molar-refractivity contribution in [2.24, 2.45) is 68.0 Å². The van der Waals surface area contributed by atoms with E-state index in [0.717, 1.165) is 42.4 Å². The highest BCUT2D eigenvalue weighted by Gasteiger charge is 2.70. The van der Waals surface area contributed by atoms with Gasteiger partial charge in [0, 0.05) is 38.5 Å². The van der Waals surface area contributed by atoms with E-state index in [0.29, 0.717) is 82.8 Å². The summed E-state index contributed by atoms with van der Waals surface area (Å²) in [6, 6.07) is 29.5. The third-order valence-corrected chi connectivity index (χ3v) is 26.6. The van der Waals surface area contributed by atoms with Crippen LogP contribution in [0.2, 0.25) is 0 Å². The Labute approximate surface area is 610 Å². The van der Waals surface area contributed by atoms with Crippen molar-refractivity contribution in [2.75, 3.05) is 33.5 Å². The zero-order valence-electron chi connectivity index (χ0n) is 64.6. The van der Waals surface area contributed by atoms with E-state index >= 15 is 4.79 Å². The summed E-state index contributed by atoms with van der Waals surface area (Å²) in [6.45, 7) is 35.8. The lowest BCUT2D eigenvalue weighted by Crippen LogP contribution is -2.66. The molecule has 0 bridgehead atoms. The molecule has 2 amide bonds. The minimum Gasteiger partial charge on any atom is -0.444 e. The average Bonchev–Trinajstić information content (AvgIpc) is 0.676. The van der Waals surface area contributed by atoms with E-state index in [1.165, 1.54) is 31.3 Å². The molecule has 102 heavy (non-hydrogen) atoms. The molecule has 3 aliphatic heterocycles. The second-order valence-electron chi connectivity index (χ2n) is 35.0. The van der Waals surface area contributed by atoms with Crippen molar-refractivity contribution in [3.8, 4) is 0 Å². The Bertz CT molecular complexity index is 3250. The maximum Gasteiger partial charge on any atom is 0.407 e. The Kier molecular flexibility index (Phi) is 25.1. The molecule has 3 heterocycles. The van der Waals surface area contributed by atoms with Gasteiger partial charge in [-0.05, 0) is 179 Å². The second kappa shape index (κ2) is 32.7. The van der Waals surface area contributed by atoms with E-state index in [9.17, 15) is 9.59 Å². The SMILES string of the molecule is CCOC1C(OC)C(OC2C(C)[C@@H](NC(=O)CCCCCNC(=O)OC(C)(C)C)C(COCc3ccccc3)O[C@H]2OC(=O)[C@]23CCC(C)(C)CC2C2=CCC4C5(C)CC[C@H](C)C(C)(C)[C@@H]5CC[C@@]4(C)[C@]2(C)CC3)O[C@H](C)[C@@H]1O[C@@H]1OC[C@@H](OCc2ccccc2)C(OCc2ccccc2)C1C. The molecule has 5 aliphatic carbocycles. The summed E-state index contributed by atoms with van der Waals surface area (Å²) >= 11 is 0. The van der Waals surface area contributed by atoms with Crippen LogP contribution in [0.5, 0.6) is 0 Å². The molecule has 0 spiro atoms. The van der Waals surface area contributed by atoms with Crippen LogP contribution < -0.4 is 10.6 Å². The van der Waals surface area contributed by atoms with Crippen LogP contribution >= 0.6 is 0 Å². The minimum absolute atomic E-state index is 0.00916. The number of fused-ring (bicyclic) bond motifs is 7. The number of methoxy groups -OCH3 is 1. The molecule has 3 saturated heterocycles. The highest BCUT2D eigenvalue weighted by Crippen LogP contribution is 2.76. The molecule has 7 fully saturated rings. The van der Waals surface area contributed by atoms with Gasteiger partial charge in [-0.25, -0.2) is 4.79 Å². The summed E-state index contributed by atoms with van der Waals surface area (Å²) in [7, 11) is 1.62. The lowest BCUT2D eigenvalue weighted by molar-refractivity contribution is -0.370.